The van der Waals surface area contributed by atoms with Crippen LogP contribution in [0.5, 0.6) is 0 Å². The van der Waals surface area contributed by atoms with Gasteiger partial charge >= 0.3 is 29.6 Å². The molecule has 3 heteroatoms. The van der Waals surface area contributed by atoms with Crippen molar-refractivity contribution in [1.29, 1.82) is 0 Å². The Morgan fingerprint density at radius 3 is 1.48 bits per heavy atom. The van der Waals surface area contributed by atoms with E-state index in [4.69, 9.17) is 0 Å². The summed E-state index contributed by atoms with van der Waals surface area (Å²) in [6.45, 7) is 14.7. The van der Waals surface area contributed by atoms with E-state index in [-0.39, 0.29) is 0 Å². The van der Waals surface area contributed by atoms with Crippen molar-refractivity contribution in [1.82, 2.24) is 0 Å². The molecular formula is C22H48P2Ti. The van der Waals surface area contributed by atoms with Crippen LogP contribution in [0.25, 0.3) is 0 Å². The molecule has 4 atom stereocenters. The van der Waals surface area contributed by atoms with E-state index in [2.05, 4.69) is 52.0 Å². The first-order chi connectivity index (χ1) is 11.9. The molecule has 0 bridgehead atoms. The van der Waals surface area contributed by atoms with Crippen molar-refractivity contribution in [2.24, 2.45) is 17.3 Å². The summed E-state index contributed by atoms with van der Waals surface area (Å²) in [7, 11) is 2.47. The van der Waals surface area contributed by atoms with Crippen LogP contribution in [-0.2, 0) is 19.2 Å². The van der Waals surface area contributed by atoms with Gasteiger partial charge in [-0.3, -0.25) is 0 Å². The van der Waals surface area contributed by atoms with Crippen molar-refractivity contribution in [2.45, 2.75) is 108 Å². The number of rotatable bonds is 10. The molecule has 1 saturated carbocycles. The van der Waals surface area contributed by atoms with Gasteiger partial charge in [-0.1, -0.05) is 54.4 Å². The molecule has 25 heavy (non-hydrogen) atoms. The maximum absolute atomic E-state index is 2.50. The number of unbranched alkanes of at least 4 members (excludes halogenated alkanes) is 2. The van der Waals surface area contributed by atoms with Gasteiger partial charge in [-0.2, -0.15) is 0 Å². The summed E-state index contributed by atoms with van der Waals surface area (Å²) >= 11 is 0.500. The molecule has 0 spiro atoms. The summed E-state index contributed by atoms with van der Waals surface area (Å²) in [4.78, 5) is 0. The first-order valence-corrected chi connectivity index (χ1v) is 16.6. The molecule has 1 rings (SSSR count). The zero-order valence-corrected chi connectivity index (χ0v) is 22.2. The Labute approximate surface area is 173 Å². The maximum atomic E-state index is 2.50. The Kier molecular flexibility index (Phi) is 16.5. The quantitative estimate of drug-likeness (QED) is 0.189. The van der Waals surface area contributed by atoms with Crippen molar-refractivity contribution in [3.05, 3.63) is 0 Å². The molecule has 0 aromatic carbocycles. The van der Waals surface area contributed by atoms with Crippen molar-refractivity contribution >= 4 is 17.2 Å². The molecule has 1 aliphatic rings. The zero-order chi connectivity index (χ0) is 19.3. The average molecular weight is 422 g/mol. The van der Waals surface area contributed by atoms with Crippen LogP contribution < -0.4 is 0 Å². The minimum atomic E-state index is 0.500. The summed E-state index contributed by atoms with van der Waals surface area (Å²) in [6, 6.07) is 0. The molecule has 4 unspecified atom stereocenters. The first kappa shape index (κ1) is 26.6. The minimum absolute atomic E-state index is 0.500. The normalized spacial score (nSPS) is 23.6. The molecule has 1 fully saturated rings. The van der Waals surface area contributed by atoms with Crippen LogP contribution in [-0.4, -0.2) is 23.6 Å². The van der Waals surface area contributed by atoms with E-state index in [1.807, 2.05) is 0 Å². The van der Waals surface area contributed by atoms with Gasteiger partial charge in [0, 0.05) is 0 Å². The Hall–Kier alpha value is 1.57. The third-order valence-corrected chi connectivity index (χ3v) is 9.37. The second-order valence-electron chi connectivity index (χ2n) is 8.70. The molecule has 0 amide bonds. The van der Waals surface area contributed by atoms with E-state index in [0.717, 1.165) is 23.2 Å². The third kappa shape index (κ3) is 10.1. The van der Waals surface area contributed by atoms with Gasteiger partial charge < -0.3 is 0 Å². The monoisotopic (exact) mass is 422 g/mol. The Balaban J connectivity index is 0.00000178. The van der Waals surface area contributed by atoms with Gasteiger partial charge in [-0.25, -0.2) is 0 Å². The van der Waals surface area contributed by atoms with Gasteiger partial charge in [-0.15, -0.1) is 17.2 Å². The van der Waals surface area contributed by atoms with Crippen LogP contribution >= 0.6 is 17.2 Å². The zero-order valence-electron chi connectivity index (χ0n) is 18.7. The molecule has 1 aliphatic carbocycles. The molecule has 150 valence electrons. The fraction of sp³-hybridized carbons (Fsp3) is 1.00. The van der Waals surface area contributed by atoms with Gasteiger partial charge in [-0.05, 0) is 73.0 Å². The van der Waals surface area contributed by atoms with Crippen LogP contribution in [0.1, 0.15) is 86.5 Å². The third-order valence-electron chi connectivity index (χ3n) is 6.05. The number of hydrogen-bond donors (Lipinski definition) is 0. The van der Waals surface area contributed by atoms with E-state index in [9.17, 15) is 0 Å². The van der Waals surface area contributed by atoms with Crippen LogP contribution in [0.15, 0.2) is 0 Å². The first-order valence-electron chi connectivity index (χ1n) is 10.9. The number of hydrogen-bond acceptors (Lipinski definition) is 0. The van der Waals surface area contributed by atoms with E-state index >= 15 is 0 Å². The molecule has 0 aliphatic heterocycles. The molecule has 0 aromatic rings. The van der Waals surface area contributed by atoms with E-state index in [1.54, 1.807) is 6.42 Å². The molecule has 0 N–H and O–H groups in total. The van der Waals surface area contributed by atoms with Gasteiger partial charge in [0.15, 0.2) is 0 Å². The van der Waals surface area contributed by atoms with Gasteiger partial charge in [0.05, 0.1) is 0 Å². The topological polar surface area (TPSA) is 0 Å². The van der Waals surface area contributed by atoms with Gasteiger partial charge in [0.2, 0.25) is 0 Å². The molecule has 0 radical (unpaired) electrons. The fourth-order valence-electron chi connectivity index (χ4n) is 4.40. The Morgan fingerprint density at radius 1 is 0.840 bits per heavy atom. The Morgan fingerprint density at radius 2 is 1.20 bits per heavy atom. The van der Waals surface area contributed by atoms with E-state index in [0.29, 0.717) is 24.6 Å². The molecule has 0 saturated heterocycles. The predicted octanol–water partition coefficient (Wildman–Crippen LogP) is 8.33. The molecule has 0 heterocycles. The van der Waals surface area contributed by atoms with Gasteiger partial charge in [0.1, 0.15) is 0 Å². The second-order valence-corrected chi connectivity index (χ2v) is 13.7. The summed E-state index contributed by atoms with van der Waals surface area (Å²) in [5.41, 5.74) is 2.72. The summed E-state index contributed by atoms with van der Waals surface area (Å²) in [5.74, 6) is 1.70. The molecule has 0 aromatic heterocycles. The summed E-state index contributed by atoms with van der Waals surface area (Å²) in [5, 5.41) is 4.50. The molecule has 0 nitrogen and oxygen atoms in total. The summed E-state index contributed by atoms with van der Waals surface area (Å²) < 4.78 is 0. The van der Waals surface area contributed by atoms with Crippen LogP contribution in [0.4, 0.5) is 0 Å². The predicted molar refractivity (Wildman–Crippen MR) is 121 cm³/mol. The van der Waals surface area contributed by atoms with Crippen LogP contribution in [0.2, 0.25) is 10.5 Å². The van der Waals surface area contributed by atoms with Crippen molar-refractivity contribution in [2.75, 3.05) is 12.3 Å². The standard InChI is InChI=1S/C20H42P2.2CH3.Ti/c1-7-9-11-21-18-13-19(22-12-10-8-2)15-20(14-18,16(3)4)17(5)6;;;/h16-19,21-22H,7-15H2,1-6H3;2*1H3;. The van der Waals surface area contributed by atoms with Crippen molar-refractivity contribution < 1.29 is 19.2 Å². The van der Waals surface area contributed by atoms with Crippen molar-refractivity contribution in [3.8, 4) is 0 Å². The average Bonchev–Trinajstić information content (AvgIpc) is 2.55. The Bertz CT molecular complexity index is 276. The fourth-order valence-corrected chi connectivity index (χ4v) is 8.52. The SMILES string of the molecule is CCCCPC1CC(PCCCC)CC(C(C)C)(C(C)C)C1.[CH3][Ti][CH3]. The second kappa shape index (κ2) is 15.5. The van der Waals surface area contributed by atoms with Gasteiger partial charge in [0.25, 0.3) is 0 Å². The van der Waals surface area contributed by atoms with Crippen molar-refractivity contribution in [3.63, 3.8) is 0 Å². The van der Waals surface area contributed by atoms with Crippen LogP contribution in [0.3, 0.4) is 0 Å². The molecular weight excluding hydrogens is 374 g/mol. The van der Waals surface area contributed by atoms with E-state index < -0.39 is 0 Å². The summed E-state index contributed by atoms with van der Waals surface area (Å²) in [6.07, 6.45) is 13.3. The van der Waals surface area contributed by atoms with Crippen LogP contribution in [0, 0.1) is 17.3 Å². The van der Waals surface area contributed by atoms with E-state index in [1.165, 1.54) is 68.0 Å².